The lowest BCUT2D eigenvalue weighted by Crippen LogP contribution is -2.30. The lowest BCUT2D eigenvalue weighted by atomic mass is 9.89. The third-order valence-electron chi connectivity index (χ3n) is 4.35. The molecule has 2 heterocycles. The van der Waals surface area contributed by atoms with Gasteiger partial charge in [0.05, 0.1) is 6.61 Å². The first kappa shape index (κ1) is 17.7. The van der Waals surface area contributed by atoms with Gasteiger partial charge in [-0.3, -0.25) is 4.79 Å². The molecule has 24 heavy (non-hydrogen) atoms. The summed E-state index contributed by atoms with van der Waals surface area (Å²) in [6, 6.07) is 0. The Morgan fingerprint density at radius 1 is 1.42 bits per heavy atom. The summed E-state index contributed by atoms with van der Waals surface area (Å²) < 4.78 is 4.56. The van der Waals surface area contributed by atoms with Gasteiger partial charge in [-0.15, -0.1) is 11.3 Å². The van der Waals surface area contributed by atoms with Gasteiger partial charge in [0.25, 0.3) is 0 Å². The zero-order valence-corrected chi connectivity index (χ0v) is 16.6. The fraction of sp³-hybridized carbons (Fsp3) is 0.611. The molecule has 1 aliphatic rings. The Morgan fingerprint density at radius 3 is 2.88 bits per heavy atom. The largest absolute Gasteiger partial charge is 0.465 e. The Morgan fingerprint density at radius 2 is 2.17 bits per heavy atom. The van der Waals surface area contributed by atoms with Crippen LogP contribution in [0.3, 0.4) is 0 Å². The van der Waals surface area contributed by atoms with Crippen molar-refractivity contribution in [1.29, 1.82) is 0 Å². The molecule has 1 unspecified atom stereocenters. The molecule has 2 aromatic heterocycles. The summed E-state index contributed by atoms with van der Waals surface area (Å²) in [5.41, 5.74) is 1.40. The smallest absolute Gasteiger partial charge is 0.322 e. The maximum absolute atomic E-state index is 12.3. The number of carbonyl (C=O) groups is 1. The quantitative estimate of drug-likeness (QED) is 0.452. The van der Waals surface area contributed by atoms with Crippen LogP contribution in [0.15, 0.2) is 5.03 Å². The highest BCUT2D eigenvalue weighted by atomic mass is 32.2. The minimum absolute atomic E-state index is 0.197. The van der Waals surface area contributed by atoms with Crippen LogP contribution in [0.2, 0.25) is 0 Å². The van der Waals surface area contributed by atoms with Crippen molar-refractivity contribution in [3.05, 3.63) is 16.3 Å². The molecule has 6 heteroatoms. The predicted octanol–water partition coefficient (Wildman–Crippen LogP) is 4.56. The van der Waals surface area contributed by atoms with Gasteiger partial charge in [-0.2, -0.15) is 0 Å². The van der Waals surface area contributed by atoms with Crippen LogP contribution >= 0.6 is 23.1 Å². The number of carbonyl (C=O) groups excluding carboxylic acids is 1. The molecule has 0 spiro atoms. The summed E-state index contributed by atoms with van der Waals surface area (Å²) in [6.45, 7) is 10.3. The number of esters is 1. The fourth-order valence-corrected chi connectivity index (χ4v) is 5.69. The van der Waals surface area contributed by atoms with Crippen LogP contribution in [-0.2, 0) is 22.4 Å². The zero-order chi connectivity index (χ0) is 17.5. The number of aromatic nitrogens is 2. The number of thiophene rings is 1. The second-order valence-corrected chi connectivity index (χ2v) is 9.64. The first-order valence-corrected chi connectivity index (χ1v) is 10.1. The maximum atomic E-state index is 12.3. The number of aryl methyl sites for hydroxylation is 2. The molecular formula is C18H24N2O2S2. The van der Waals surface area contributed by atoms with Crippen LogP contribution in [-0.4, -0.2) is 27.3 Å². The van der Waals surface area contributed by atoms with Crippen molar-refractivity contribution in [2.75, 3.05) is 6.61 Å². The molecule has 1 atom stereocenters. The summed E-state index contributed by atoms with van der Waals surface area (Å²) in [5, 5.41) is 2.08. The van der Waals surface area contributed by atoms with Crippen LogP contribution in [0, 0.1) is 12.8 Å². The Labute approximate surface area is 151 Å². The van der Waals surface area contributed by atoms with Gasteiger partial charge in [0, 0.05) is 10.3 Å². The van der Waals surface area contributed by atoms with Gasteiger partial charge in [0.2, 0.25) is 0 Å². The summed E-state index contributed by atoms with van der Waals surface area (Å²) in [6.07, 6.45) is 3.41. The average molecular weight is 365 g/mol. The molecule has 130 valence electrons. The van der Waals surface area contributed by atoms with Gasteiger partial charge < -0.3 is 4.74 Å². The topological polar surface area (TPSA) is 52.1 Å². The molecule has 0 bridgehead atoms. The van der Waals surface area contributed by atoms with Crippen molar-refractivity contribution in [2.45, 2.75) is 63.7 Å². The number of nitrogens with zero attached hydrogens (tertiary/aromatic N) is 2. The first-order chi connectivity index (χ1) is 11.3. The fourth-order valence-electron chi connectivity index (χ4n) is 3.07. The molecule has 4 nitrogen and oxygen atoms in total. The minimum atomic E-state index is -0.666. The Hall–Kier alpha value is -1.14. The van der Waals surface area contributed by atoms with Gasteiger partial charge in [0.15, 0.2) is 0 Å². The van der Waals surface area contributed by atoms with E-state index in [1.54, 1.807) is 11.3 Å². The number of rotatable bonds is 4. The van der Waals surface area contributed by atoms with Gasteiger partial charge in [-0.25, -0.2) is 9.97 Å². The van der Waals surface area contributed by atoms with E-state index in [4.69, 9.17) is 4.74 Å². The highest BCUT2D eigenvalue weighted by Gasteiger charge is 2.33. The molecular weight excluding hydrogens is 340 g/mol. The SMILES string of the molecule is CCOC(=O)C(C)(C)Sc1nc(C)nc2sc3c(c12)CCC(C)C3. The van der Waals surface area contributed by atoms with E-state index in [2.05, 4.69) is 16.9 Å². The monoisotopic (exact) mass is 364 g/mol. The third kappa shape index (κ3) is 3.31. The maximum Gasteiger partial charge on any atom is 0.322 e. The molecule has 0 fully saturated rings. The number of hydrogen-bond donors (Lipinski definition) is 0. The van der Waals surface area contributed by atoms with Crippen LogP contribution in [0.5, 0.6) is 0 Å². The highest BCUT2D eigenvalue weighted by Crippen LogP contribution is 2.43. The molecule has 2 aromatic rings. The van der Waals surface area contributed by atoms with Gasteiger partial charge in [-0.1, -0.05) is 18.7 Å². The van der Waals surface area contributed by atoms with Gasteiger partial charge >= 0.3 is 5.97 Å². The summed E-state index contributed by atoms with van der Waals surface area (Å²) in [5.74, 6) is 1.29. The third-order valence-corrected chi connectivity index (χ3v) is 6.67. The number of thioether (sulfide) groups is 1. The molecule has 0 N–H and O–H groups in total. The lowest BCUT2D eigenvalue weighted by Gasteiger charge is -2.22. The predicted molar refractivity (Wildman–Crippen MR) is 99.9 cm³/mol. The molecule has 0 aliphatic heterocycles. The Bertz CT molecular complexity index is 783. The Balaban J connectivity index is 2.06. The van der Waals surface area contributed by atoms with Gasteiger partial charge in [0.1, 0.15) is 20.4 Å². The van der Waals surface area contributed by atoms with E-state index in [9.17, 15) is 4.79 Å². The van der Waals surface area contributed by atoms with E-state index in [1.165, 1.54) is 28.6 Å². The molecule has 0 saturated heterocycles. The van der Waals surface area contributed by atoms with Crippen molar-refractivity contribution in [3.63, 3.8) is 0 Å². The van der Waals surface area contributed by atoms with E-state index < -0.39 is 4.75 Å². The van der Waals surface area contributed by atoms with Crippen LogP contribution < -0.4 is 0 Å². The van der Waals surface area contributed by atoms with Crippen LogP contribution in [0.25, 0.3) is 10.2 Å². The van der Waals surface area contributed by atoms with Crippen LogP contribution in [0.1, 0.15) is 50.4 Å². The molecule has 1 aliphatic carbocycles. The number of hydrogen-bond acceptors (Lipinski definition) is 6. The molecule has 3 rings (SSSR count). The molecule has 0 aromatic carbocycles. The number of ether oxygens (including phenoxy) is 1. The van der Waals surface area contributed by atoms with E-state index in [0.29, 0.717) is 6.61 Å². The standard InChI is InChI=1S/C18H24N2O2S2/c1-6-22-17(21)18(4,5)24-16-14-12-8-7-10(2)9-13(12)23-15(14)19-11(3)20-16/h10H,6-9H2,1-5H3. The van der Waals surface area contributed by atoms with Crippen LogP contribution in [0.4, 0.5) is 0 Å². The van der Waals surface area contributed by atoms with Crippen molar-refractivity contribution in [2.24, 2.45) is 5.92 Å². The number of fused-ring (bicyclic) bond motifs is 3. The average Bonchev–Trinajstić information content (AvgIpc) is 2.83. The van der Waals surface area contributed by atoms with E-state index in [0.717, 1.165) is 39.8 Å². The normalized spacial score (nSPS) is 17.8. The zero-order valence-electron chi connectivity index (χ0n) is 14.9. The minimum Gasteiger partial charge on any atom is -0.465 e. The molecule has 0 amide bonds. The second-order valence-electron chi connectivity index (χ2n) is 6.94. The van der Waals surface area contributed by atoms with Crippen molar-refractivity contribution in [3.8, 4) is 0 Å². The molecule has 0 radical (unpaired) electrons. The summed E-state index contributed by atoms with van der Waals surface area (Å²) in [7, 11) is 0. The summed E-state index contributed by atoms with van der Waals surface area (Å²) >= 11 is 3.29. The van der Waals surface area contributed by atoms with Crippen molar-refractivity contribution < 1.29 is 9.53 Å². The van der Waals surface area contributed by atoms with Crippen molar-refractivity contribution in [1.82, 2.24) is 9.97 Å². The molecule has 0 saturated carbocycles. The van der Waals surface area contributed by atoms with Gasteiger partial charge in [-0.05, 0) is 58.4 Å². The second kappa shape index (κ2) is 6.64. The lowest BCUT2D eigenvalue weighted by molar-refractivity contribution is -0.145. The van der Waals surface area contributed by atoms with E-state index in [-0.39, 0.29) is 5.97 Å². The van der Waals surface area contributed by atoms with E-state index in [1.807, 2.05) is 27.7 Å². The van der Waals surface area contributed by atoms with E-state index >= 15 is 0 Å². The highest BCUT2D eigenvalue weighted by molar-refractivity contribution is 8.01. The Kier molecular flexibility index (Phi) is 4.89. The first-order valence-electron chi connectivity index (χ1n) is 8.47. The van der Waals surface area contributed by atoms with Crippen molar-refractivity contribution >= 4 is 39.3 Å². The summed E-state index contributed by atoms with van der Waals surface area (Å²) in [4.78, 5) is 24.1.